The van der Waals surface area contributed by atoms with E-state index < -0.39 is 11.9 Å². The number of rotatable bonds is 5. The first-order chi connectivity index (χ1) is 12.6. The molecule has 1 saturated heterocycles. The van der Waals surface area contributed by atoms with Crippen LogP contribution in [0, 0.1) is 0 Å². The average Bonchev–Trinajstić information content (AvgIpc) is 2.97. The summed E-state index contributed by atoms with van der Waals surface area (Å²) in [4.78, 5) is 26.9. The second-order valence-electron chi connectivity index (χ2n) is 6.67. The fourth-order valence-electron chi connectivity index (χ4n) is 3.52. The second kappa shape index (κ2) is 8.58. The average molecular weight is 375 g/mol. The maximum absolute atomic E-state index is 13.1. The molecule has 0 aromatic heterocycles. The summed E-state index contributed by atoms with van der Waals surface area (Å²) in [5, 5.41) is 6.56. The van der Waals surface area contributed by atoms with Gasteiger partial charge < -0.3 is 10.6 Å². The van der Waals surface area contributed by atoms with Gasteiger partial charge in [-0.25, -0.2) is 0 Å². The van der Waals surface area contributed by atoms with Crippen LogP contribution in [0.5, 0.6) is 0 Å². The van der Waals surface area contributed by atoms with Crippen LogP contribution in [-0.2, 0) is 9.59 Å². The zero-order chi connectivity index (χ0) is 18.5. The fraction of sp³-hybridized carbons (Fsp3) is 0.526. The molecule has 0 spiro atoms. The molecule has 2 heterocycles. The quantitative estimate of drug-likeness (QED) is 0.857. The van der Waals surface area contributed by atoms with Crippen LogP contribution in [0.2, 0.25) is 0 Å². The van der Waals surface area contributed by atoms with E-state index in [4.69, 9.17) is 5.73 Å². The molecule has 0 aliphatic carbocycles. The molecular weight excluding hydrogens is 348 g/mol. The van der Waals surface area contributed by atoms with Gasteiger partial charge in [0.2, 0.25) is 5.91 Å². The van der Waals surface area contributed by atoms with Gasteiger partial charge in [-0.3, -0.25) is 14.6 Å². The Kier molecular flexibility index (Phi) is 6.19. The number of thioether (sulfide) groups is 1. The maximum Gasteiger partial charge on any atom is 0.270 e. The number of amides is 2. The highest BCUT2D eigenvalue weighted by atomic mass is 32.2. The van der Waals surface area contributed by atoms with Crippen molar-refractivity contribution in [2.24, 2.45) is 10.8 Å². The third-order valence-electron chi connectivity index (χ3n) is 4.82. The summed E-state index contributed by atoms with van der Waals surface area (Å²) >= 11 is 1.91. The molecule has 0 radical (unpaired) electrons. The lowest BCUT2D eigenvalue weighted by Crippen LogP contribution is -2.41. The van der Waals surface area contributed by atoms with E-state index >= 15 is 0 Å². The Hall–Kier alpha value is -2.02. The van der Waals surface area contributed by atoms with E-state index in [0.717, 1.165) is 43.8 Å². The molecule has 140 valence electrons. The Morgan fingerprint density at radius 2 is 2.04 bits per heavy atom. The third kappa shape index (κ3) is 4.20. The van der Waals surface area contributed by atoms with Gasteiger partial charge in [0.15, 0.2) is 0 Å². The predicted molar refractivity (Wildman–Crippen MR) is 106 cm³/mol. The number of hydrogen-bond donors (Lipinski definition) is 1. The van der Waals surface area contributed by atoms with Crippen molar-refractivity contribution < 1.29 is 9.59 Å². The molecule has 1 fully saturated rings. The summed E-state index contributed by atoms with van der Waals surface area (Å²) in [6.07, 6.45) is 3.58. The number of primary amides is 1. The summed E-state index contributed by atoms with van der Waals surface area (Å²) < 4.78 is 0. The van der Waals surface area contributed by atoms with Gasteiger partial charge in [0, 0.05) is 24.8 Å². The monoisotopic (exact) mass is 374 g/mol. The molecule has 7 heteroatoms. The number of nitrogens with two attached hydrogens (primary N) is 1. The summed E-state index contributed by atoms with van der Waals surface area (Å²) in [7, 11) is 0. The SMILES string of the molecule is CCS[C@@H]1CCCCN(C(=O)C2=NN(c3ccccc3)[C@H](C(N)=O)C2)C1. The Morgan fingerprint density at radius 1 is 1.27 bits per heavy atom. The maximum atomic E-state index is 13.1. The molecule has 6 nitrogen and oxygen atoms in total. The van der Waals surface area contributed by atoms with Gasteiger partial charge in [-0.15, -0.1) is 0 Å². The van der Waals surface area contributed by atoms with Crippen LogP contribution in [0.4, 0.5) is 5.69 Å². The first-order valence-electron chi connectivity index (χ1n) is 9.22. The zero-order valence-electron chi connectivity index (χ0n) is 15.1. The fourth-order valence-corrected chi connectivity index (χ4v) is 4.61. The molecule has 2 N–H and O–H groups in total. The number of hydrazone groups is 1. The van der Waals surface area contributed by atoms with Gasteiger partial charge >= 0.3 is 0 Å². The first kappa shape index (κ1) is 18.8. The van der Waals surface area contributed by atoms with Crippen LogP contribution in [0.15, 0.2) is 35.4 Å². The van der Waals surface area contributed by atoms with Crippen molar-refractivity contribution in [2.75, 3.05) is 23.9 Å². The van der Waals surface area contributed by atoms with E-state index in [1.54, 1.807) is 5.01 Å². The highest BCUT2D eigenvalue weighted by Gasteiger charge is 2.37. The van der Waals surface area contributed by atoms with Crippen molar-refractivity contribution in [3.05, 3.63) is 30.3 Å². The van der Waals surface area contributed by atoms with Crippen molar-refractivity contribution in [1.29, 1.82) is 0 Å². The molecule has 0 saturated carbocycles. The number of para-hydroxylation sites is 1. The molecule has 2 atom stereocenters. The molecule has 1 aromatic carbocycles. The van der Waals surface area contributed by atoms with Gasteiger partial charge in [0.25, 0.3) is 5.91 Å². The lowest BCUT2D eigenvalue weighted by Gasteiger charge is -2.23. The van der Waals surface area contributed by atoms with E-state index in [9.17, 15) is 9.59 Å². The number of likely N-dealkylation sites (tertiary alicyclic amines) is 1. The minimum atomic E-state index is -0.607. The van der Waals surface area contributed by atoms with E-state index in [2.05, 4.69) is 12.0 Å². The van der Waals surface area contributed by atoms with Gasteiger partial charge in [-0.05, 0) is 30.7 Å². The number of nitrogens with zero attached hydrogens (tertiary/aromatic N) is 3. The summed E-state index contributed by atoms with van der Waals surface area (Å²) in [6, 6.07) is 8.79. The van der Waals surface area contributed by atoms with E-state index in [-0.39, 0.29) is 12.3 Å². The Morgan fingerprint density at radius 3 is 2.73 bits per heavy atom. The van der Waals surface area contributed by atoms with Crippen LogP contribution in [0.3, 0.4) is 0 Å². The lowest BCUT2D eigenvalue weighted by molar-refractivity contribution is -0.124. The number of carbonyl (C=O) groups excluding carboxylic acids is 2. The number of benzene rings is 1. The van der Waals surface area contributed by atoms with Gasteiger partial charge in [0.05, 0.1) is 5.69 Å². The highest BCUT2D eigenvalue weighted by Crippen LogP contribution is 2.26. The van der Waals surface area contributed by atoms with Gasteiger partial charge in [0.1, 0.15) is 11.8 Å². The Bertz CT molecular complexity index is 679. The molecule has 1 aromatic rings. The van der Waals surface area contributed by atoms with Crippen molar-refractivity contribution in [3.63, 3.8) is 0 Å². The topological polar surface area (TPSA) is 79.0 Å². The molecule has 26 heavy (non-hydrogen) atoms. The number of anilines is 1. The van der Waals surface area contributed by atoms with Crippen LogP contribution < -0.4 is 10.7 Å². The molecule has 0 unspecified atom stereocenters. The first-order valence-corrected chi connectivity index (χ1v) is 10.3. The van der Waals surface area contributed by atoms with Crippen molar-refractivity contribution in [2.45, 2.75) is 43.9 Å². The van der Waals surface area contributed by atoms with Crippen molar-refractivity contribution in [3.8, 4) is 0 Å². The Labute approximate surface area is 158 Å². The van der Waals surface area contributed by atoms with Crippen molar-refractivity contribution in [1.82, 2.24) is 4.90 Å². The number of carbonyl (C=O) groups is 2. The summed E-state index contributed by atoms with van der Waals surface area (Å²) in [6.45, 7) is 3.66. The van der Waals surface area contributed by atoms with Gasteiger partial charge in [-0.1, -0.05) is 31.5 Å². The molecular formula is C19H26N4O2S. The minimum absolute atomic E-state index is 0.0571. The molecule has 2 aliphatic heterocycles. The molecule has 2 aliphatic rings. The van der Waals surface area contributed by atoms with Crippen LogP contribution in [-0.4, -0.2) is 52.6 Å². The molecule has 0 bridgehead atoms. The zero-order valence-corrected chi connectivity index (χ0v) is 16.0. The second-order valence-corrected chi connectivity index (χ2v) is 8.25. The van der Waals surface area contributed by atoms with E-state index in [0.29, 0.717) is 11.0 Å². The van der Waals surface area contributed by atoms with E-state index in [1.165, 1.54) is 0 Å². The van der Waals surface area contributed by atoms with Crippen LogP contribution in [0.25, 0.3) is 0 Å². The molecule has 3 rings (SSSR count). The van der Waals surface area contributed by atoms with E-state index in [1.807, 2.05) is 47.0 Å². The van der Waals surface area contributed by atoms with Crippen LogP contribution in [0.1, 0.15) is 32.6 Å². The third-order valence-corrected chi connectivity index (χ3v) is 6.01. The highest BCUT2D eigenvalue weighted by molar-refractivity contribution is 7.99. The normalized spacial score (nSPS) is 23.5. The summed E-state index contributed by atoms with van der Waals surface area (Å²) in [5.41, 5.74) is 6.77. The van der Waals surface area contributed by atoms with Gasteiger partial charge in [-0.2, -0.15) is 16.9 Å². The Balaban J connectivity index is 1.79. The standard InChI is InChI=1S/C19H26N4O2S/c1-2-26-15-10-6-7-11-22(13-15)19(25)16-12-17(18(20)24)23(21-16)14-8-4-3-5-9-14/h3-5,8-9,15,17H,2,6-7,10-13H2,1H3,(H2,20,24)/t15-,17+/m1/s1. The summed E-state index contributed by atoms with van der Waals surface area (Å²) in [5.74, 6) is 0.535. The van der Waals surface area contributed by atoms with Crippen molar-refractivity contribution >= 4 is 35.0 Å². The molecule has 2 amide bonds. The minimum Gasteiger partial charge on any atom is -0.368 e. The largest absolute Gasteiger partial charge is 0.368 e. The lowest BCUT2D eigenvalue weighted by atomic mass is 10.1. The smallest absolute Gasteiger partial charge is 0.270 e. The number of hydrogen-bond acceptors (Lipinski definition) is 5. The van der Waals surface area contributed by atoms with Crippen LogP contribution >= 0.6 is 11.8 Å². The predicted octanol–water partition coefficient (Wildman–Crippen LogP) is 2.24.